The lowest BCUT2D eigenvalue weighted by Crippen LogP contribution is -2.13. The predicted octanol–water partition coefficient (Wildman–Crippen LogP) is 2.84. The summed E-state index contributed by atoms with van der Waals surface area (Å²) in [6.45, 7) is 1.50. The molecule has 0 saturated carbocycles. The maximum Gasteiger partial charge on any atom is 0.266 e. The Labute approximate surface area is 140 Å². The van der Waals surface area contributed by atoms with E-state index in [9.17, 15) is 18.3 Å². The molecule has 2 rings (SSSR count). The van der Waals surface area contributed by atoms with Crippen molar-refractivity contribution in [3.05, 3.63) is 32.9 Å². The van der Waals surface area contributed by atoms with Crippen molar-refractivity contribution in [3.8, 4) is 5.75 Å². The molecule has 0 unspecified atom stereocenters. The largest absolute Gasteiger partial charge is 0.504 e. The van der Waals surface area contributed by atoms with E-state index in [1.807, 2.05) is 0 Å². The number of carbonyl (C=O) groups is 1. The first-order valence-corrected chi connectivity index (χ1v) is 9.48. The fourth-order valence-corrected chi connectivity index (χ4v) is 4.09. The van der Waals surface area contributed by atoms with Crippen LogP contribution in [0.25, 0.3) is 0 Å². The maximum atomic E-state index is 12.2. The maximum absolute atomic E-state index is 12.2. The van der Waals surface area contributed by atoms with E-state index in [1.54, 1.807) is 11.4 Å². The molecular weight excluding hydrogens is 392 g/mol. The van der Waals surface area contributed by atoms with Gasteiger partial charge < -0.3 is 16.2 Å². The number of nitrogen functional groups attached to an aromatic ring is 1. The Bertz CT molecular complexity index is 831. The van der Waals surface area contributed by atoms with Gasteiger partial charge in [-0.1, -0.05) is 6.92 Å². The summed E-state index contributed by atoms with van der Waals surface area (Å²) in [5, 5.41) is 14.1. The van der Waals surface area contributed by atoms with Crippen LogP contribution in [0.15, 0.2) is 32.9 Å². The molecule has 0 radical (unpaired) electrons. The van der Waals surface area contributed by atoms with Crippen molar-refractivity contribution >= 4 is 54.4 Å². The molecule has 9 heteroatoms. The lowest BCUT2D eigenvalue weighted by atomic mass is 10.2. The molecule has 22 heavy (non-hydrogen) atoms. The zero-order chi connectivity index (χ0) is 16.5. The molecule has 1 aromatic carbocycles. The van der Waals surface area contributed by atoms with E-state index in [1.165, 1.54) is 30.4 Å². The van der Waals surface area contributed by atoms with E-state index < -0.39 is 15.7 Å². The number of sulfone groups is 1. The molecule has 0 aliphatic heterocycles. The van der Waals surface area contributed by atoms with Crippen molar-refractivity contribution in [3.63, 3.8) is 0 Å². The highest BCUT2D eigenvalue weighted by atomic mass is 79.9. The molecule has 6 nitrogen and oxygen atoms in total. The van der Waals surface area contributed by atoms with Gasteiger partial charge >= 0.3 is 0 Å². The highest BCUT2D eigenvalue weighted by Gasteiger charge is 2.19. The first-order chi connectivity index (χ1) is 10.3. The molecule has 0 saturated heterocycles. The van der Waals surface area contributed by atoms with E-state index in [0.717, 1.165) is 0 Å². The number of hydrogen-bond acceptors (Lipinski definition) is 6. The van der Waals surface area contributed by atoms with Gasteiger partial charge in [-0.25, -0.2) is 8.42 Å². The Kier molecular flexibility index (Phi) is 4.78. The van der Waals surface area contributed by atoms with Gasteiger partial charge in [-0.2, -0.15) is 0 Å². The van der Waals surface area contributed by atoms with Gasteiger partial charge in [0, 0.05) is 4.47 Å². The smallest absolute Gasteiger partial charge is 0.266 e. The summed E-state index contributed by atoms with van der Waals surface area (Å²) < 4.78 is 24.5. The molecule has 1 heterocycles. The van der Waals surface area contributed by atoms with E-state index >= 15 is 0 Å². The van der Waals surface area contributed by atoms with Crippen LogP contribution >= 0.6 is 27.3 Å². The number of aromatic hydroxyl groups is 1. The summed E-state index contributed by atoms with van der Waals surface area (Å²) in [5.41, 5.74) is 5.46. The van der Waals surface area contributed by atoms with Crippen molar-refractivity contribution < 1.29 is 18.3 Å². The minimum Gasteiger partial charge on any atom is -0.504 e. The summed E-state index contributed by atoms with van der Waals surface area (Å²) in [5.74, 6) is -0.945. The van der Waals surface area contributed by atoms with E-state index in [-0.39, 0.29) is 27.8 Å². The average molecular weight is 405 g/mol. The Hall–Kier alpha value is -1.58. The Morgan fingerprint density at radius 2 is 2.14 bits per heavy atom. The number of carbonyl (C=O) groups excluding carboxylic acids is 1. The molecule has 4 N–H and O–H groups in total. The minimum atomic E-state index is -3.51. The van der Waals surface area contributed by atoms with E-state index in [0.29, 0.717) is 9.35 Å². The number of hydrogen-bond donors (Lipinski definition) is 3. The van der Waals surface area contributed by atoms with Crippen LogP contribution in [-0.4, -0.2) is 25.2 Å². The number of anilines is 2. The zero-order valence-electron chi connectivity index (χ0n) is 11.5. The topological polar surface area (TPSA) is 109 Å². The third-order valence-electron chi connectivity index (χ3n) is 2.92. The summed E-state index contributed by atoms with van der Waals surface area (Å²) in [4.78, 5) is 12.5. The van der Waals surface area contributed by atoms with Gasteiger partial charge in [0.15, 0.2) is 15.6 Å². The number of nitrogens with one attached hydrogen (secondary N) is 1. The van der Waals surface area contributed by atoms with Crippen LogP contribution in [0, 0.1) is 0 Å². The van der Waals surface area contributed by atoms with Gasteiger partial charge in [0.05, 0.1) is 22.0 Å². The SMILES string of the molecule is CCS(=O)(=O)c1cc(N)c(O)c(NC(=O)c2sccc2Br)c1. The van der Waals surface area contributed by atoms with Gasteiger partial charge in [0.1, 0.15) is 4.88 Å². The number of phenolic OH excluding ortho intramolecular Hbond substituents is 1. The van der Waals surface area contributed by atoms with Crippen molar-refractivity contribution in [2.75, 3.05) is 16.8 Å². The van der Waals surface area contributed by atoms with Crippen molar-refractivity contribution in [2.45, 2.75) is 11.8 Å². The molecule has 0 spiro atoms. The fourth-order valence-electron chi connectivity index (χ4n) is 1.71. The highest BCUT2D eigenvalue weighted by molar-refractivity contribution is 9.10. The standard InChI is InChI=1S/C13H13BrN2O4S2/c1-2-22(19,20)7-5-9(15)11(17)10(6-7)16-13(18)12-8(14)3-4-21-12/h3-6,17H,2,15H2,1H3,(H,16,18). The van der Waals surface area contributed by atoms with Crippen molar-refractivity contribution in [2.24, 2.45) is 0 Å². The minimum absolute atomic E-state index is 0.0441. The number of amides is 1. The van der Waals surface area contributed by atoms with Crippen LogP contribution in [0.4, 0.5) is 11.4 Å². The normalized spacial score (nSPS) is 11.4. The molecule has 0 atom stereocenters. The van der Waals surface area contributed by atoms with Gasteiger partial charge in [0.2, 0.25) is 0 Å². The second-order valence-corrected chi connectivity index (χ2v) is 8.41. The summed E-state index contributed by atoms with van der Waals surface area (Å²) in [6.07, 6.45) is 0. The van der Waals surface area contributed by atoms with Gasteiger partial charge in [0.25, 0.3) is 5.91 Å². The highest BCUT2D eigenvalue weighted by Crippen LogP contribution is 2.34. The Morgan fingerprint density at radius 3 is 2.68 bits per heavy atom. The lowest BCUT2D eigenvalue weighted by Gasteiger charge is -2.11. The first-order valence-electron chi connectivity index (χ1n) is 6.16. The summed E-state index contributed by atoms with van der Waals surface area (Å²) in [7, 11) is -3.51. The molecule has 1 amide bonds. The molecule has 0 bridgehead atoms. The molecule has 0 aliphatic rings. The number of nitrogens with two attached hydrogens (primary N) is 1. The van der Waals surface area contributed by atoms with Gasteiger partial charge in [-0.05, 0) is 39.5 Å². The molecule has 118 valence electrons. The monoisotopic (exact) mass is 404 g/mol. The number of halogens is 1. The lowest BCUT2D eigenvalue weighted by molar-refractivity contribution is 0.102. The second-order valence-electron chi connectivity index (χ2n) is 4.36. The van der Waals surface area contributed by atoms with Gasteiger partial charge in [-0.15, -0.1) is 11.3 Å². The Morgan fingerprint density at radius 1 is 1.45 bits per heavy atom. The molecule has 1 aromatic heterocycles. The van der Waals surface area contributed by atoms with Crippen LogP contribution in [0.5, 0.6) is 5.75 Å². The number of thiophene rings is 1. The van der Waals surface area contributed by atoms with E-state index in [2.05, 4.69) is 21.2 Å². The summed E-state index contributed by atoms with van der Waals surface area (Å²) >= 11 is 4.45. The van der Waals surface area contributed by atoms with Crippen molar-refractivity contribution in [1.82, 2.24) is 0 Å². The third kappa shape index (κ3) is 3.26. The summed E-state index contributed by atoms with van der Waals surface area (Å²) in [6, 6.07) is 4.08. The van der Waals surface area contributed by atoms with Gasteiger partial charge in [-0.3, -0.25) is 4.79 Å². The van der Waals surface area contributed by atoms with E-state index in [4.69, 9.17) is 5.73 Å². The predicted molar refractivity (Wildman–Crippen MR) is 90.2 cm³/mol. The van der Waals surface area contributed by atoms with Crippen LogP contribution in [0.1, 0.15) is 16.6 Å². The molecule has 0 fully saturated rings. The molecular formula is C13H13BrN2O4S2. The zero-order valence-corrected chi connectivity index (χ0v) is 14.7. The number of rotatable bonds is 4. The van der Waals surface area contributed by atoms with Crippen molar-refractivity contribution in [1.29, 1.82) is 0 Å². The second kappa shape index (κ2) is 6.27. The third-order valence-corrected chi connectivity index (χ3v) is 6.47. The number of benzene rings is 1. The number of phenols is 1. The molecule has 0 aliphatic carbocycles. The first kappa shape index (κ1) is 16.8. The van der Waals surface area contributed by atoms with Crippen LogP contribution in [-0.2, 0) is 9.84 Å². The quantitative estimate of drug-likeness (QED) is 0.535. The Balaban J connectivity index is 2.43. The van der Waals surface area contributed by atoms with Crippen LogP contribution in [0.2, 0.25) is 0 Å². The van der Waals surface area contributed by atoms with Crippen LogP contribution < -0.4 is 11.1 Å². The molecule has 2 aromatic rings. The van der Waals surface area contributed by atoms with Crippen LogP contribution in [0.3, 0.4) is 0 Å². The average Bonchev–Trinajstić information content (AvgIpc) is 2.89. The fraction of sp³-hybridized carbons (Fsp3) is 0.154.